The molecule has 5 nitrogen and oxygen atoms in total. The zero-order valence-corrected chi connectivity index (χ0v) is 17.8. The molecule has 2 amide bonds. The summed E-state index contributed by atoms with van der Waals surface area (Å²) < 4.78 is 0. The molecule has 1 fully saturated rings. The Kier molecular flexibility index (Phi) is 6.06. The summed E-state index contributed by atoms with van der Waals surface area (Å²) in [6.07, 6.45) is 2.78. The SMILES string of the molecule is Cc1ccc(N2NC(=O)/C(=C/c3ccc(N(C)CCC(C)C)cc3)C2=O)cc1C. The van der Waals surface area contributed by atoms with E-state index in [-0.39, 0.29) is 17.4 Å². The van der Waals surface area contributed by atoms with Gasteiger partial charge in [-0.25, -0.2) is 5.01 Å². The van der Waals surface area contributed by atoms with Crippen LogP contribution in [0.3, 0.4) is 0 Å². The van der Waals surface area contributed by atoms with Gasteiger partial charge in [-0.1, -0.05) is 32.0 Å². The first-order chi connectivity index (χ1) is 13.8. The first-order valence-electron chi connectivity index (χ1n) is 10.0. The van der Waals surface area contributed by atoms with E-state index in [0.717, 1.165) is 35.3 Å². The Hall–Kier alpha value is -3.08. The highest BCUT2D eigenvalue weighted by molar-refractivity contribution is 6.31. The van der Waals surface area contributed by atoms with Crippen LogP contribution >= 0.6 is 0 Å². The normalized spacial score (nSPS) is 15.4. The predicted octanol–water partition coefficient (Wildman–Crippen LogP) is 4.25. The van der Waals surface area contributed by atoms with Gasteiger partial charge in [0.05, 0.1) is 5.69 Å². The van der Waals surface area contributed by atoms with E-state index in [4.69, 9.17) is 0 Å². The minimum Gasteiger partial charge on any atom is -0.375 e. The fourth-order valence-corrected chi connectivity index (χ4v) is 3.18. The van der Waals surface area contributed by atoms with Crippen molar-refractivity contribution >= 4 is 29.3 Å². The summed E-state index contributed by atoms with van der Waals surface area (Å²) in [5.74, 6) is -0.0589. The topological polar surface area (TPSA) is 52.7 Å². The van der Waals surface area contributed by atoms with Crippen LogP contribution in [0.25, 0.3) is 6.08 Å². The monoisotopic (exact) mass is 391 g/mol. The van der Waals surface area contributed by atoms with Gasteiger partial charge in [0.1, 0.15) is 5.57 Å². The lowest BCUT2D eigenvalue weighted by atomic mass is 10.1. The summed E-state index contributed by atoms with van der Waals surface area (Å²) in [6, 6.07) is 13.6. The molecule has 0 radical (unpaired) electrons. The highest BCUT2D eigenvalue weighted by Crippen LogP contribution is 2.24. The molecule has 1 aliphatic heterocycles. The van der Waals surface area contributed by atoms with Crippen molar-refractivity contribution < 1.29 is 9.59 Å². The summed E-state index contributed by atoms with van der Waals surface area (Å²) in [5, 5.41) is 1.31. The summed E-state index contributed by atoms with van der Waals surface area (Å²) in [6.45, 7) is 9.42. The van der Waals surface area contributed by atoms with E-state index in [1.807, 2.05) is 56.3 Å². The Balaban J connectivity index is 1.77. The van der Waals surface area contributed by atoms with Crippen molar-refractivity contribution in [2.75, 3.05) is 23.5 Å². The molecular weight excluding hydrogens is 362 g/mol. The molecule has 5 heteroatoms. The second-order valence-corrected chi connectivity index (χ2v) is 8.10. The number of amides is 2. The third kappa shape index (κ3) is 4.67. The third-order valence-electron chi connectivity index (χ3n) is 5.33. The van der Waals surface area contributed by atoms with Gasteiger partial charge in [-0.05, 0) is 73.2 Å². The Morgan fingerprint density at radius 3 is 2.34 bits per heavy atom. The van der Waals surface area contributed by atoms with Crippen molar-refractivity contribution in [3.8, 4) is 0 Å². The number of anilines is 2. The Morgan fingerprint density at radius 1 is 1.03 bits per heavy atom. The van der Waals surface area contributed by atoms with Gasteiger partial charge in [-0.2, -0.15) is 0 Å². The number of hydrazine groups is 1. The van der Waals surface area contributed by atoms with E-state index in [0.29, 0.717) is 11.6 Å². The lowest BCUT2D eigenvalue weighted by Gasteiger charge is -2.20. The lowest BCUT2D eigenvalue weighted by Crippen LogP contribution is -2.35. The van der Waals surface area contributed by atoms with E-state index in [9.17, 15) is 9.59 Å². The fourth-order valence-electron chi connectivity index (χ4n) is 3.18. The zero-order valence-electron chi connectivity index (χ0n) is 17.8. The van der Waals surface area contributed by atoms with Crippen molar-refractivity contribution in [1.82, 2.24) is 5.43 Å². The molecule has 0 unspecified atom stereocenters. The number of nitrogens with one attached hydrogen (secondary N) is 1. The second kappa shape index (κ2) is 8.52. The van der Waals surface area contributed by atoms with E-state index >= 15 is 0 Å². The summed E-state index contributed by atoms with van der Waals surface area (Å²) >= 11 is 0. The maximum absolute atomic E-state index is 12.8. The number of benzene rings is 2. The van der Waals surface area contributed by atoms with Gasteiger partial charge in [-0.15, -0.1) is 0 Å². The largest absolute Gasteiger partial charge is 0.375 e. The average Bonchev–Trinajstić information content (AvgIpc) is 2.97. The molecule has 3 rings (SSSR count). The van der Waals surface area contributed by atoms with E-state index in [2.05, 4.69) is 31.2 Å². The van der Waals surface area contributed by atoms with Gasteiger partial charge in [-0.3, -0.25) is 15.0 Å². The molecule has 1 N–H and O–H groups in total. The lowest BCUT2D eigenvalue weighted by molar-refractivity contribution is -0.117. The van der Waals surface area contributed by atoms with Gasteiger partial charge in [0.2, 0.25) is 0 Å². The van der Waals surface area contributed by atoms with Crippen molar-refractivity contribution in [1.29, 1.82) is 0 Å². The van der Waals surface area contributed by atoms with Gasteiger partial charge in [0, 0.05) is 19.3 Å². The molecule has 0 saturated carbocycles. The van der Waals surface area contributed by atoms with Crippen LogP contribution in [0.4, 0.5) is 11.4 Å². The van der Waals surface area contributed by atoms with Crippen LogP contribution < -0.4 is 15.3 Å². The maximum atomic E-state index is 12.8. The fraction of sp³-hybridized carbons (Fsp3) is 0.333. The first kappa shape index (κ1) is 20.6. The number of hydrogen-bond acceptors (Lipinski definition) is 3. The molecule has 0 bridgehead atoms. The van der Waals surface area contributed by atoms with Gasteiger partial charge in [0.15, 0.2) is 0 Å². The van der Waals surface area contributed by atoms with E-state index in [1.165, 1.54) is 5.01 Å². The van der Waals surface area contributed by atoms with Crippen LogP contribution in [0, 0.1) is 19.8 Å². The molecule has 0 atom stereocenters. The number of carbonyl (C=O) groups excluding carboxylic acids is 2. The predicted molar refractivity (Wildman–Crippen MR) is 119 cm³/mol. The molecule has 1 aliphatic rings. The Labute approximate surface area is 173 Å². The number of carbonyl (C=O) groups is 2. The first-order valence-corrected chi connectivity index (χ1v) is 10.0. The molecule has 2 aromatic carbocycles. The zero-order chi connectivity index (χ0) is 21.1. The van der Waals surface area contributed by atoms with E-state index < -0.39 is 0 Å². The molecule has 2 aromatic rings. The van der Waals surface area contributed by atoms with Gasteiger partial charge < -0.3 is 4.90 Å². The standard InChI is InChI=1S/C24H29N3O2/c1-16(2)12-13-26(5)20-10-7-19(8-11-20)15-22-23(28)25-27(24(22)29)21-9-6-17(3)18(4)14-21/h6-11,14-16H,12-13H2,1-5H3,(H,25,28)/b22-15-. The van der Waals surface area contributed by atoms with Crippen LogP contribution in [0.2, 0.25) is 0 Å². The minimum absolute atomic E-state index is 0.143. The number of hydrogen-bond donors (Lipinski definition) is 1. The molecule has 29 heavy (non-hydrogen) atoms. The van der Waals surface area contributed by atoms with Crippen LogP contribution in [-0.4, -0.2) is 25.4 Å². The minimum atomic E-state index is -0.383. The molecule has 0 spiro atoms. The highest BCUT2D eigenvalue weighted by atomic mass is 16.2. The molecule has 0 aromatic heterocycles. The van der Waals surface area contributed by atoms with E-state index in [1.54, 1.807) is 6.08 Å². The van der Waals surface area contributed by atoms with Crippen molar-refractivity contribution in [3.63, 3.8) is 0 Å². The highest BCUT2D eigenvalue weighted by Gasteiger charge is 2.34. The Bertz CT molecular complexity index is 945. The number of nitrogens with zero attached hydrogens (tertiary/aromatic N) is 2. The third-order valence-corrected chi connectivity index (χ3v) is 5.33. The van der Waals surface area contributed by atoms with Gasteiger partial charge >= 0.3 is 0 Å². The summed E-state index contributed by atoms with van der Waals surface area (Å²) in [7, 11) is 2.07. The van der Waals surface area contributed by atoms with Crippen LogP contribution in [0.1, 0.15) is 37.0 Å². The van der Waals surface area contributed by atoms with Crippen molar-refractivity contribution in [3.05, 3.63) is 64.7 Å². The summed E-state index contributed by atoms with van der Waals surface area (Å²) in [5.41, 5.74) is 7.62. The molecular formula is C24H29N3O2. The number of rotatable bonds is 6. The average molecular weight is 392 g/mol. The van der Waals surface area contributed by atoms with Crippen LogP contribution in [-0.2, 0) is 9.59 Å². The van der Waals surface area contributed by atoms with Crippen molar-refractivity contribution in [2.24, 2.45) is 5.92 Å². The van der Waals surface area contributed by atoms with Crippen LogP contribution in [0.5, 0.6) is 0 Å². The van der Waals surface area contributed by atoms with Gasteiger partial charge in [0.25, 0.3) is 11.8 Å². The molecule has 1 heterocycles. The van der Waals surface area contributed by atoms with Crippen LogP contribution in [0.15, 0.2) is 48.0 Å². The van der Waals surface area contributed by atoms with Crippen molar-refractivity contribution in [2.45, 2.75) is 34.1 Å². The number of aryl methyl sites for hydroxylation is 2. The molecule has 1 saturated heterocycles. The second-order valence-electron chi connectivity index (χ2n) is 8.10. The summed E-state index contributed by atoms with van der Waals surface area (Å²) in [4.78, 5) is 27.4. The quantitative estimate of drug-likeness (QED) is 0.592. The molecule has 152 valence electrons. The molecule has 0 aliphatic carbocycles. The Morgan fingerprint density at radius 2 is 1.72 bits per heavy atom. The smallest absolute Gasteiger partial charge is 0.282 e. The maximum Gasteiger partial charge on any atom is 0.282 e.